The van der Waals surface area contributed by atoms with Crippen LogP contribution in [0.3, 0.4) is 0 Å². The Bertz CT molecular complexity index is 2910. The maximum atomic E-state index is 5.17. The second-order valence-electron chi connectivity index (χ2n) is 11.6. The van der Waals surface area contributed by atoms with Crippen LogP contribution < -0.4 is 0 Å². The summed E-state index contributed by atoms with van der Waals surface area (Å²) in [4.78, 5) is 5.17. The van der Waals surface area contributed by atoms with Crippen LogP contribution in [-0.2, 0) is 0 Å². The molecule has 4 heteroatoms. The number of para-hydroxylation sites is 2. The molecule has 0 aliphatic heterocycles. The maximum Gasteiger partial charge on any atom is 0.157 e. The molecule has 0 radical (unpaired) electrons. The summed E-state index contributed by atoms with van der Waals surface area (Å²) < 4.78 is 7.05. The van der Waals surface area contributed by atoms with Crippen molar-refractivity contribution in [2.45, 2.75) is 0 Å². The van der Waals surface area contributed by atoms with Gasteiger partial charge in [-0.05, 0) is 51.9 Å². The molecule has 0 saturated heterocycles. The average Bonchev–Trinajstić information content (AvgIpc) is 3.81. The van der Waals surface area contributed by atoms with E-state index in [2.05, 4.69) is 141 Å². The van der Waals surface area contributed by atoms with Crippen molar-refractivity contribution in [2.75, 3.05) is 0 Å². The number of rotatable bonds is 1. The Labute approximate surface area is 244 Å². The van der Waals surface area contributed by atoms with Crippen molar-refractivity contribution >= 4 is 87.1 Å². The van der Waals surface area contributed by atoms with Gasteiger partial charge in [0.15, 0.2) is 5.82 Å². The Morgan fingerprint density at radius 2 is 1.07 bits per heavy atom. The van der Waals surface area contributed by atoms with Crippen LogP contribution >= 0.6 is 0 Å². The molecule has 0 spiro atoms. The molecule has 0 bridgehead atoms. The van der Waals surface area contributed by atoms with Crippen LogP contribution in [0.5, 0.6) is 0 Å². The second kappa shape index (κ2) is 7.50. The van der Waals surface area contributed by atoms with E-state index in [1.165, 1.54) is 75.9 Å². The molecular weight excluding hydrogens is 524 g/mol. The molecule has 5 heterocycles. The fraction of sp³-hybridized carbons (Fsp3) is 0. The highest BCUT2D eigenvalue weighted by Crippen LogP contribution is 2.49. The van der Waals surface area contributed by atoms with Crippen LogP contribution in [0, 0.1) is 0 Å². The summed E-state index contributed by atoms with van der Waals surface area (Å²) in [6.07, 6.45) is 4.23. The van der Waals surface area contributed by atoms with Gasteiger partial charge >= 0.3 is 0 Å². The Morgan fingerprint density at radius 1 is 0.465 bits per heavy atom. The number of nitrogens with zero attached hydrogens (tertiary/aromatic N) is 4. The van der Waals surface area contributed by atoms with Gasteiger partial charge in [-0.15, -0.1) is 0 Å². The lowest BCUT2D eigenvalue weighted by atomic mass is 9.96. The van der Waals surface area contributed by atoms with Gasteiger partial charge in [-0.25, -0.2) is 4.98 Å². The quantitative estimate of drug-likeness (QED) is 0.201. The molecule has 0 atom stereocenters. The van der Waals surface area contributed by atoms with Gasteiger partial charge in [-0.1, -0.05) is 91.0 Å². The maximum absolute atomic E-state index is 5.17. The highest BCUT2D eigenvalue weighted by molar-refractivity contribution is 6.41. The summed E-state index contributed by atoms with van der Waals surface area (Å²) in [5.74, 6) is 0.920. The zero-order chi connectivity index (χ0) is 27.8. The highest BCUT2D eigenvalue weighted by atomic mass is 15.1. The topological polar surface area (TPSA) is 26.6 Å². The van der Waals surface area contributed by atoms with E-state index in [-0.39, 0.29) is 0 Å². The summed E-state index contributed by atoms with van der Waals surface area (Å²) in [6.45, 7) is 0. The minimum atomic E-state index is 0.920. The number of fused-ring (bicyclic) bond motifs is 16. The van der Waals surface area contributed by atoms with Crippen molar-refractivity contribution < 1.29 is 0 Å². The van der Waals surface area contributed by atoms with Crippen LogP contribution in [-0.4, -0.2) is 18.4 Å². The molecular formula is C39H22N4. The van der Waals surface area contributed by atoms with Crippen molar-refractivity contribution in [3.05, 3.63) is 134 Å². The predicted octanol–water partition coefficient (Wildman–Crippen LogP) is 9.89. The summed E-state index contributed by atoms with van der Waals surface area (Å²) in [6, 6.07) is 44.1. The number of hydrogen-bond acceptors (Lipinski definition) is 1. The third kappa shape index (κ3) is 2.52. The van der Waals surface area contributed by atoms with Crippen molar-refractivity contribution in [1.29, 1.82) is 0 Å². The summed E-state index contributed by atoms with van der Waals surface area (Å²) in [5, 5.41) is 12.8. The van der Waals surface area contributed by atoms with Crippen molar-refractivity contribution in [2.24, 2.45) is 0 Å². The van der Waals surface area contributed by atoms with Crippen LogP contribution in [0.1, 0.15) is 0 Å². The second-order valence-corrected chi connectivity index (χ2v) is 11.6. The molecule has 0 unspecified atom stereocenters. The summed E-state index contributed by atoms with van der Waals surface area (Å²) >= 11 is 0. The van der Waals surface area contributed by atoms with E-state index in [0.29, 0.717) is 0 Å². The first-order chi connectivity index (χ1) is 21.4. The molecule has 0 aliphatic carbocycles. The summed E-state index contributed by atoms with van der Waals surface area (Å²) in [5.41, 5.74) is 7.05. The molecule has 11 rings (SSSR count). The Morgan fingerprint density at radius 3 is 1.86 bits per heavy atom. The molecule has 0 saturated carbocycles. The SMILES string of the molecule is c1ccc2c(c1)cc1c3c4ccccc4c4c5ccccc5n(-c5cn6ccccc6n5)c4c3n3c4ccccc4c2c13. The first kappa shape index (κ1) is 21.8. The Hall–Kier alpha value is -5.87. The third-order valence-electron chi connectivity index (χ3n) is 9.53. The number of imidazole rings is 1. The number of benzene rings is 6. The molecule has 6 aromatic carbocycles. The smallest absolute Gasteiger partial charge is 0.157 e. The van der Waals surface area contributed by atoms with Crippen LogP contribution in [0.4, 0.5) is 0 Å². The molecule has 0 amide bonds. The van der Waals surface area contributed by atoms with Gasteiger partial charge in [-0.3, -0.25) is 4.57 Å². The van der Waals surface area contributed by atoms with Gasteiger partial charge in [-0.2, -0.15) is 0 Å². The molecule has 0 aliphatic rings. The molecule has 198 valence electrons. The monoisotopic (exact) mass is 546 g/mol. The van der Waals surface area contributed by atoms with Gasteiger partial charge < -0.3 is 8.80 Å². The number of aromatic nitrogens is 4. The zero-order valence-corrected chi connectivity index (χ0v) is 23.0. The van der Waals surface area contributed by atoms with E-state index in [0.717, 1.165) is 17.0 Å². The van der Waals surface area contributed by atoms with Crippen LogP contribution in [0.15, 0.2) is 134 Å². The van der Waals surface area contributed by atoms with Gasteiger partial charge in [0.25, 0.3) is 0 Å². The number of pyridine rings is 1. The molecule has 4 nitrogen and oxygen atoms in total. The van der Waals surface area contributed by atoms with Gasteiger partial charge in [0.1, 0.15) is 5.65 Å². The van der Waals surface area contributed by atoms with Crippen molar-refractivity contribution in [1.82, 2.24) is 18.4 Å². The fourth-order valence-corrected chi connectivity index (χ4v) is 7.92. The zero-order valence-electron chi connectivity index (χ0n) is 23.0. The molecule has 0 N–H and O–H groups in total. The first-order valence-corrected chi connectivity index (χ1v) is 14.7. The van der Waals surface area contributed by atoms with E-state index in [1.54, 1.807) is 0 Å². The highest BCUT2D eigenvalue weighted by Gasteiger charge is 2.27. The molecule has 11 aromatic rings. The standard InChI is InChI=1S/C39H22N4/c1-2-12-24-23(11-1)21-29-36-26-14-4-3-13-25(26)35-27-15-5-7-17-30(27)42(33-22-41-20-10-9-19-32(41)40-33)38(35)39(36)43-31-18-8-6-16-28(31)34(24)37(29)43/h1-22H. The van der Waals surface area contributed by atoms with E-state index in [4.69, 9.17) is 4.98 Å². The number of hydrogen-bond donors (Lipinski definition) is 0. The molecule has 0 fully saturated rings. The normalized spacial score (nSPS) is 12.7. The Kier molecular flexibility index (Phi) is 3.80. The van der Waals surface area contributed by atoms with E-state index in [1.807, 2.05) is 6.07 Å². The Balaban J connectivity index is 1.54. The lowest BCUT2D eigenvalue weighted by Gasteiger charge is -2.09. The van der Waals surface area contributed by atoms with E-state index < -0.39 is 0 Å². The van der Waals surface area contributed by atoms with Crippen LogP contribution in [0.25, 0.3) is 92.9 Å². The predicted molar refractivity (Wildman–Crippen MR) is 179 cm³/mol. The first-order valence-electron chi connectivity index (χ1n) is 14.7. The van der Waals surface area contributed by atoms with Gasteiger partial charge in [0.05, 0.1) is 33.8 Å². The largest absolute Gasteiger partial charge is 0.306 e. The minimum absolute atomic E-state index is 0.920. The molecule has 5 aromatic heterocycles. The average molecular weight is 547 g/mol. The minimum Gasteiger partial charge on any atom is -0.306 e. The van der Waals surface area contributed by atoms with Crippen LogP contribution in [0.2, 0.25) is 0 Å². The van der Waals surface area contributed by atoms with Crippen molar-refractivity contribution in [3.63, 3.8) is 0 Å². The van der Waals surface area contributed by atoms with E-state index in [9.17, 15) is 0 Å². The van der Waals surface area contributed by atoms with Gasteiger partial charge in [0.2, 0.25) is 0 Å². The summed E-state index contributed by atoms with van der Waals surface area (Å²) in [7, 11) is 0. The third-order valence-corrected chi connectivity index (χ3v) is 9.53. The lowest BCUT2D eigenvalue weighted by molar-refractivity contribution is 1.11. The lowest BCUT2D eigenvalue weighted by Crippen LogP contribution is -1.96. The van der Waals surface area contributed by atoms with E-state index >= 15 is 0 Å². The van der Waals surface area contributed by atoms with Crippen molar-refractivity contribution in [3.8, 4) is 5.82 Å². The van der Waals surface area contributed by atoms with Gasteiger partial charge in [0, 0.05) is 38.5 Å². The fourth-order valence-electron chi connectivity index (χ4n) is 7.92. The molecule has 43 heavy (non-hydrogen) atoms.